The van der Waals surface area contributed by atoms with E-state index in [0.717, 1.165) is 32.4 Å². The maximum Gasteiger partial charge on any atom is 0.320 e. The Bertz CT molecular complexity index is 190. The second-order valence-corrected chi connectivity index (χ2v) is 4.09. The monoisotopic (exact) mass is 215 g/mol. The fourth-order valence-corrected chi connectivity index (χ4v) is 2.11. The van der Waals surface area contributed by atoms with Crippen molar-refractivity contribution in [3.05, 3.63) is 0 Å². The molecule has 0 aromatic carbocycles. The molecule has 1 unspecified atom stereocenters. The van der Waals surface area contributed by atoms with Crippen molar-refractivity contribution < 1.29 is 14.6 Å². The summed E-state index contributed by atoms with van der Waals surface area (Å²) in [6, 6.07) is -0.305. The molecule has 0 spiro atoms. The van der Waals surface area contributed by atoms with Gasteiger partial charge < -0.3 is 9.84 Å². The molecule has 4 nitrogen and oxygen atoms in total. The topological polar surface area (TPSA) is 49.8 Å². The van der Waals surface area contributed by atoms with Crippen molar-refractivity contribution >= 4 is 5.97 Å². The molecular weight excluding hydrogens is 194 g/mol. The Hall–Kier alpha value is -0.610. The summed E-state index contributed by atoms with van der Waals surface area (Å²) in [5, 5.41) is 9.14. The first-order chi connectivity index (χ1) is 7.25. The highest BCUT2D eigenvalue weighted by molar-refractivity contribution is 5.73. The lowest BCUT2D eigenvalue weighted by atomic mass is 10.1. The Kier molecular flexibility index (Phi) is 5.65. The molecule has 0 aromatic heterocycles. The van der Waals surface area contributed by atoms with Crippen LogP contribution in [0.3, 0.4) is 0 Å². The van der Waals surface area contributed by atoms with Gasteiger partial charge in [-0.05, 0) is 38.8 Å². The molecule has 1 fully saturated rings. The van der Waals surface area contributed by atoms with Gasteiger partial charge in [0, 0.05) is 13.7 Å². The van der Waals surface area contributed by atoms with Crippen molar-refractivity contribution in [3.8, 4) is 0 Å². The van der Waals surface area contributed by atoms with Crippen LogP contribution in [-0.4, -0.2) is 48.8 Å². The van der Waals surface area contributed by atoms with Crippen molar-refractivity contribution in [1.82, 2.24) is 4.90 Å². The van der Waals surface area contributed by atoms with E-state index in [1.807, 2.05) is 0 Å². The zero-order valence-corrected chi connectivity index (χ0v) is 9.45. The van der Waals surface area contributed by atoms with Gasteiger partial charge in [0.25, 0.3) is 0 Å². The second kappa shape index (κ2) is 6.80. The predicted molar refractivity (Wildman–Crippen MR) is 58.0 cm³/mol. The van der Waals surface area contributed by atoms with Gasteiger partial charge in [0.15, 0.2) is 0 Å². The van der Waals surface area contributed by atoms with Crippen LogP contribution in [0.5, 0.6) is 0 Å². The number of ether oxygens (including phenoxy) is 1. The average molecular weight is 215 g/mol. The molecule has 0 amide bonds. The summed E-state index contributed by atoms with van der Waals surface area (Å²) >= 11 is 0. The summed E-state index contributed by atoms with van der Waals surface area (Å²) < 4.78 is 4.95. The maximum absolute atomic E-state index is 11.1. The maximum atomic E-state index is 11.1. The number of hydrogen-bond acceptors (Lipinski definition) is 3. The minimum atomic E-state index is -0.687. The van der Waals surface area contributed by atoms with Crippen LogP contribution >= 0.6 is 0 Å². The largest absolute Gasteiger partial charge is 0.480 e. The van der Waals surface area contributed by atoms with Gasteiger partial charge in [-0.2, -0.15) is 0 Å². The van der Waals surface area contributed by atoms with Crippen molar-refractivity contribution in [2.45, 2.75) is 38.1 Å². The minimum Gasteiger partial charge on any atom is -0.480 e. The Balaban J connectivity index is 2.37. The van der Waals surface area contributed by atoms with Gasteiger partial charge in [-0.15, -0.1) is 0 Å². The first-order valence-electron chi connectivity index (χ1n) is 5.71. The minimum absolute atomic E-state index is 0.305. The molecule has 0 saturated carbocycles. The lowest BCUT2D eigenvalue weighted by Gasteiger charge is -2.31. The molecule has 0 bridgehead atoms. The zero-order valence-electron chi connectivity index (χ0n) is 9.45. The van der Waals surface area contributed by atoms with Gasteiger partial charge in [-0.3, -0.25) is 9.69 Å². The molecule has 4 heteroatoms. The van der Waals surface area contributed by atoms with Crippen LogP contribution in [0.4, 0.5) is 0 Å². The third-order valence-corrected chi connectivity index (χ3v) is 2.94. The fourth-order valence-electron chi connectivity index (χ4n) is 2.11. The van der Waals surface area contributed by atoms with Crippen molar-refractivity contribution in [1.29, 1.82) is 0 Å². The SMILES string of the molecule is COCCCC(C(=O)O)N1CCCCC1. The van der Waals surface area contributed by atoms with Gasteiger partial charge in [-0.1, -0.05) is 6.42 Å². The van der Waals surface area contributed by atoms with Crippen LogP contribution in [0.25, 0.3) is 0 Å². The summed E-state index contributed by atoms with van der Waals surface area (Å²) in [6.07, 6.45) is 5.02. The van der Waals surface area contributed by atoms with Crippen molar-refractivity contribution in [2.75, 3.05) is 26.8 Å². The number of hydrogen-bond donors (Lipinski definition) is 1. The molecular formula is C11H21NO3. The molecule has 0 radical (unpaired) electrons. The third kappa shape index (κ3) is 4.18. The third-order valence-electron chi connectivity index (χ3n) is 2.94. The number of likely N-dealkylation sites (tertiary alicyclic amines) is 1. The standard InChI is InChI=1S/C11H21NO3/c1-15-9-5-6-10(11(13)14)12-7-3-2-4-8-12/h10H,2-9H2,1H3,(H,13,14). The number of aliphatic carboxylic acids is 1. The van der Waals surface area contributed by atoms with Crippen LogP contribution in [0.2, 0.25) is 0 Å². The van der Waals surface area contributed by atoms with E-state index in [-0.39, 0.29) is 6.04 Å². The average Bonchev–Trinajstić information content (AvgIpc) is 2.25. The summed E-state index contributed by atoms with van der Waals surface area (Å²) in [5.41, 5.74) is 0. The molecule has 1 N–H and O–H groups in total. The number of carbonyl (C=O) groups is 1. The van der Waals surface area contributed by atoms with Crippen molar-refractivity contribution in [3.63, 3.8) is 0 Å². The molecule has 1 atom stereocenters. The molecule has 0 aromatic rings. The fraction of sp³-hybridized carbons (Fsp3) is 0.909. The number of nitrogens with zero attached hydrogens (tertiary/aromatic N) is 1. The summed E-state index contributed by atoms with van der Waals surface area (Å²) in [5.74, 6) is -0.687. The van der Waals surface area contributed by atoms with Gasteiger partial charge in [0.05, 0.1) is 0 Å². The van der Waals surface area contributed by atoms with E-state index in [9.17, 15) is 4.79 Å². The Morgan fingerprint density at radius 1 is 1.40 bits per heavy atom. The van der Waals surface area contributed by atoms with Crippen LogP contribution in [0.1, 0.15) is 32.1 Å². The van der Waals surface area contributed by atoms with E-state index in [0.29, 0.717) is 13.0 Å². The van der Waals surface area contributed by atoms with E-state index < -0.39 is 5.97 Å². The quantitative estimate of drug-likeness (QED) is 0.679. The van der Waals surface area contributed by atoms with E-state index >= 15 is 0 Å². The van der Waals surface area contributed by atoms with Crippen LogP contribution < -0.4 is 0 Å². The second-order valence-electron chi connectivity index (χ2n) is 4.09. The van der Waals surface area contributed by atoms with Crippen LogP contribution in [0, 0.1) is 0 Å². The molecule has 1 aliphatic rings. The Morgan fingerprint density at radius 2 is 2.07 bits per heavy atom. The van der Waals surface area contributed by atoms with Gasteiger partial charge in [0.1, 0.15) is 6.04 Å². The molecule has 1 aliphatic heterocycles. The molecule has 1 rings (SSSR count). The van der Waals surface area contributed by atoms with Crippen LogP contribution in [0.15, 0.2) is 0 Å². The van der Waals surface area contributed by atoms with Gasteiger partial charge in [-0.25, -0.2) is 0 Å². The Labute approximate surface area is 91.2 Å². The molecule has 88 valence electrons. The number of rotatable bonds is 6. The smallest absolute Gasteiger partial charge is 0.320 e. The molecule has 15 heavy (non-hydrogen) atoms. The van der Waals surface area contributed by atoms with E-state index in [4.69, 9.17) is 9.84 Å². The highest BCUT2D eigenvalue weighted by Crippen LogP contribution is 2.15. The number of carboxylic acid groups (broad SMARTS) is 1. The van der Waals surface area contributed by atoms with E-state index in [1.165, 1.54) is 6.42 Å². The first kappa shape index (κ1) is 12.5. The van der Waals surface area contributed by atoms with E-state index in [1.54, 1.807) is 7.11 Å². The van der Waals surface area contributed by atoms with Gasteiger partial charge in [0.2, 0.25) is 0 Å². The summed E-state index contributed by atoms with van der Waals surface area (Å²) in [6.45, 7) is 2.52. The zero-order chi connectivity index (χ0) is 11.1. The summed E-state index contributed by atoms with van der Waals surface area (Å²) in [7, 11) is 1.65. The normalized spacial score (nSPS) is 20.1. The highest BCUT2D eigenvalue weighted by atomic mass is 16.5. The number of carboxylic acids is 1. The molecule has 1 saturated heterocycles. The van der Waals surface area contributed by atoms with Crippen LogP contribution in [-0.2, 0) is 9.53 Å². The lowest BCUT2D eigenvalue weighted by molar-refractivity contribution is -0.144. The molecule has 0 aliphatic carbocycles. The predicted octanol–water partition coefficient (Wildman–Crippen LogP) is 1.35. The molecule has 1 heterocycles. The van der Waals surface area contributed by atoms with E-state index in [2.05, 4.69) is 4.90 Å². The highest BCUT2D eigenvalue weighted by Gasteiger charge is 2.25. The Morgan fingerprint density at radius 3 is 2.60 bits per heavy atom. The first-order valence-corrected chi connectivity index (χ1v) is 5.71. The summed E-state index contributed by atoms with van der Waals surface area (Å²) in [4.78, 5) is 13.2. The van der Waals surface area contributed by atoms with Gasteiger partial charge >= 0.3 is 5.97 Å². The number of piperidine rings is 1. The lowest BCUT2D eigenvalue weighted by Crippen LogP contribution is -2.44. The number of methoxy groups -OCH3 is 1. The van der Waals surface area contributed by atoms with Crippen molar-refractivity contribution in [2.24, 2.45) is 0 Å².